The lowest BCUT2D eigenvalue weighted by Crippen LogP contribution is -2.19. The van der Waals surface area contributed by atoms with Crippen LogP contribution >= 0.6 is 11.8 Å². The van der Waals surface area contributed by atoms with Crippen molar-refractivity contribution in [2.45, 2.75) is 4.90 Å². The normalized spacial score (nSPS) is 12.9. The van der Waals surface area contributed by atoms with Gasteiger partial charge in [-0.2, -0.15) is 0 Å². The van der Waals surface area contributed by atoms with Crippen LogP contribution in [0.15, 0.2) is 64.1 Å². The SMILES string of the molecule is CSc1ccc(-c2coc3c2C(=O)c2ccccc2C3=O)cc1. The van der Waals surface area contributed by atoms with Crippen molar-refractivity contribution in [2.75, 3.05) is 6.26 Å². The summed E-state index contributed by atoms with van der Waals surface area (Å²) in [5.41, 5.74) is 2.75. The second kappa shape index (κ2) is 5.25. The highest BCUT2D eigenvalue weighted by Gasteiger charge is 2.35. The first-order chi connectivity index (χ1) is 11.2. The van der Waals surface area contributed by atoms with Crippen LogP contribution in [0.4, 0.5) is 0 Å². The van der Waals surface area contributed by atoms with Gasteiger partial charge in [-0.1, -0.05) is 36.4 Å². The Hall–Kier alpha value is -2.59. The van der Waals surface area contributed by atoms with Crippen molar-refractivity contribution < 1.29 is 14.0 Å². The zero-order valence-corrected chi connectivity index (χ0v) is 13.1. The number of rotatable bonds is 2. The summed E-state index contributed by atoms with van der Waals surface area (Å²) in [4.78, 5) is 26.5. The smallest absolute Gasteiger partial charge is 0.229 e. The fourth-order valence-electron chi connectivity index (χ4n) is 2.87. The van der Waals surface area contributed by atoms with Crippen LogP contribution in [0.3, 0.4) is 0 Å². The summed E-state index contributed by atoms with van der Waals surface area (Å²) in [6.07, 6.45) is 3.51. The third-order valence-electron chi connectivity index (χ3n) is 4.04. The van der Waals surface area contributed by atoms with Crippen LogP contribution < -0.4 is 0 Å². The van der Waals surface area contributed by atoms with Crippen LogP contribution in [-0.2, 0) is 0 Å². The quantitative estimate of drug-likeness (QED) is 0.512. The number of carbonyl (C=O) groups excluding carboxylic acids is 2. The first-order valence-corrected chi connectivity index (χ1v) is 8.37. The topological polar surface area (TPSA) is 47.3 Å². The van der Waals surface area contributed by atoms with Gasteiger partial charge in [0.25, 0.3) is 0 Å². The standard InChI is InChI=1S/C19H12O3S/c1-23-12-8-6-11(7-9-12)15-10-22-19-16(15)17(20)13-4-2-3-5-14(13)18(19)21/h2-10H,1H3. The van der Waals surface area contributed by atoms with Crippen LogP contribution in [0.5, 0.6) is 0 Å². The highest BCUT2D eigenvalue weighted by Crippen LogP contribution is 2.36. The van der Waals surface area contributed by atoms with Crippen LogP contribution in [0.1, 0.15) is 32.0 Å². The number of hydrogen-bond donors (Lipinski definition) is 0. The number of hydrogen-bond acceptors (Lipinski definition) is 4. The Morgan fingerprint density at radius 3 is 2.13 bits per heavy atom. The van der Waals surface area contributed by atoms with Gasteiger partial charge in [-0.15, -0.1) is 11.8 Å². The lowest BCUT2D eigenvalue weighted by atomic mass is 9.85. The van der Waals surface area contributed by atoms with E-state index in [-0.39, 0.29) is 17.3 Å². The van der Waals surface area contributed by atoms with E-state index in [1.807, 2.05) is 30.5 Å². The van der Waals surface area contributed by atoms with Gasteiger partial charge < -0.3 is 4.42 Å². The molecule has 0 N–H and O–H groups in total. The molecule has 4 rings (SSSR count). The molecule has 0 radical (unpaired) electrons. The van der Waals surface area contributed by atoms with Crippen molar-refractivity contribution >= 4 is 23.3 Å². The molecule has 23 heavy (non-hydrogen) atoms. The molecule has 0 unspecified atom stereocenters. The molecule has 0 amide bonds. The van der Waals surface area contributed by atoms with E-state index in [4.69, 9.17) is 4.42 Å². The molecule has 2 aromatic carbocycles. The molecule has 3 aromatic rings. The largest absolute Gasteiger partial charge is 0.459 e. The van der Waals surface area contributed by atoms with E-state index < -0.39 is 0 Å². The minimum atomic E-state index is -0.234. The number of furan rings is 1. The van der Waals surface area contributed by atoms with Crippen molar-refractivity contribution in [3.05, 3.63) is 77.2 Å². The lowest BCUT2D eigenvalue weighted by molar-refractivity contribution is 0.0960. The third-order valence-corrected chi connectivity index (χ3v) is 4.79. The predicted octanol–water partition coefficient (Wildman–Crippen LogP) is 4.44. The summed E-state index contributed by atoms with van der Waals surface area (Å²) in [6.45, 7) is 0. The van der Waals surface area contributed by atoms with Gasteiger partial charge in [-0.3, -0.25) is 9.59 Å². The summed E-state index contributed by atoms with van der Waals surface area (Å²) < 4.78 is 5.46. The summed E-state index contributed by atoms with van der Waals surface area (Å²) in [5.74, 6) is -0.257. The predicted molar refractivity (Wildman–Crippen MR) is 89.2 cm³/mol. The molecular formula is C19H12O3S. The second-order valence-corrected chi connectivity index (χ2v) is 6.17. The zero-order chi connectivity index (χ0) is 16.0. The van der Waals surface area contributed by atoms with Gasteiger partial charge in [0, 0.05) is 21.6 Å². The number of carbonyl (C=O) groups is 2. The summed E-state index contributed by atoms with van der Waals surface area (Å²) in [7, 11) is 0. The van der Waals surface area contributed by atoms with E-state index in [0.717, 1.165) is 10.5 Å². The maximum absolute atomic E-state index is 12.8. The molecule has 0 atom stereocenters. The third kappa shape index (κ3) is 2.06. The molecule has 1 aromatic heterocycles. The highest BCUT2D eigenvalue weighted by molar-refractivity contribution is 7.98. The molecule has 0 saturated heterocycles. The molecule has 0 bridgehead atoms. The molecule has 0 saturated carbocycles. The Bertz CT molecular complexity index is 936. The molecule has 4 heteroatoms. The fraction of sp³-hybridized carbons (Fsp3) is 0.0526. The Morgan fingerprint density at radius 1 is 0.826 bits per heavy atom. The van der Waals surface area contributed by atoms with Gasteiger partial charge in [0.1, 0.15) is 0 Å². The van der Waals surface area contributed by atoms with Gasteiger partial charge in [-0.25, -0.2) is 0 Å². The number of fused-ring (bicyclic) bond motifs is 2. The van der Waals surface area contributed by atoms with Crippen molar-refractivity contribution in [2.24, 2.45) is 0 Å². The Morgan fingerprint density at radius 2 is 1.48 bits per heavy atom. The molecule has 0 spiro atoms. The average molecular weight is 320 g/mol. The van der Waals surface area contributed by atoms with Crippen molar-refractivity contribution in [1.29, 1.82) is 0 Å². The summed E-state index contributed by atoms with van der Waals surface area (Å²) in [5, 5.41) is 0. The summed E-state index contributed by atoms with van der Waals surface area (Å²) >= 11 is 1.65. The van der Waals surface area contributed by atoms with E-state index in [1.165, 1.54) is 6.26 Å². The van der Waals surface area contributed by atoms with E-state index in [0.29, 0.717) is 22.3 Å². The average Bonchev–Trinajstić information content (AvgIpc) is 3.05. The molecule has 0 aliphatic heterocycles. The van der Waals surface area contributed by atoms with E-state index in [9.17, 15) is 9.59 Å². The molecule has 0 fully saturated rings. The Labute approximate surface area is 137 Å². The first kappa shape index (κ1) is 14.0. The molecule has 112 valence electrons. The van der Waals surface area contributed by atoms with Gasteiger partial charge in [0.15, 0.2) is 11.5 Å². The number of benzene rings is 2. The lowest BCUT2D eigenvalue weighted by Gasteiger charge is -2.14. The minimum absolute atomic E-state index is 0.137. The molecule has 1 aliphatic carbocycles. The van der Waals surface area contributed by atoms with Crippen LogP contribution in [0, 0.1) is 0 Å². The second-order valence-electron chi connectivity index (χ2n) is 5.29. The van der Waals surface area contributed by atoms with Crippen molar-refractivity contribution in [3.8, 4) is 11.1 Å². The minimum Gasteiger partial charge on any atom is -0.459 e. The van der Waals surface area contributed by atoms with Gasteiger partial charge in [0.2, 0.25) is 5.78 Å². The number of ketones is 2. The summed E-state index contributed by atoms with van der Waals surface area (Å²) in [6, 6.07) is 14.7. The van der Waals surface area contributed by atoms with Crippen LogP contribution in [0.2, 0.25) is 0 Å². The number of thioether (sulfide) groups is 1. The molecule has 1 heterocycles. The van der Waals surface area contributed by atoms with Gasteiger partial charge >= 0.3 is 0 Å². The fourth-order valence-corrected chi connectivity index (χ4v) is 3.28. The van der Waals surface area contributed by atoms with E-state index in [1.54, 1.807) is 36.0 Å². The van der Waals surface area contributed by atoms with E-state index in [2.05, 4.69) is 0 Å². The first-order valence-electron chi connectivity index (χ1n) is 7.15. The van der Waals surface area contributed by atoms with Gasteiger partial charge in [-0.05, 0) is 24.0 Å². The van der Waals surface area contributed by atoms with Gasteiger partial charge in [0.05, 0.1) is 11.8 Å². The Kier molecular flexibility index (Phi) is 3.20. The Balaban J connectivity index is 1.89. The molecular weight excluding hydrogens is 308 g/mol. The van der Waals surface area contributed by atoms with Crippen molar-refractivity contribution in [3.63, 3.8) is 0 Å². The maximum atomic E-state index is 12.8. The molecule has 1 aliphatic rings. The van der Waals surface area contributed by atoms with Crippen LogP contribution in [-0.4, -0.2) is 17.8 Å². The zero-order valence-electron chi connectivity index (χ0n) is 12.3. The monoisotopic (exact) mass is 320 g/mol. The maximum Gasteiger partial charge on any atom is 0.229 e. The van der Waals surface area contributed by atoms with E-state index >= 15 is 0 Å². The highest BCUT2D eigenvalue weighted by atomic mass is 32.2. The molecule has 3 nitrogen and oxygen atoms in total. The van der Waals surface area contributed by atoms with Crippen LogP contribution in [0.25, 0.3) is 11.1 Å². The van der Waals surface area contributed by atoms with Crippen molar-refractivity contribution in [1.82, 2.24) is 0 Å².